The van der Waals surface area contributed by atoms with E-state index in [0.717, 1.165) is 41.5 Å². The molecule has 0 aliphatic rings. The Morgan fingerprint density at radius 2 is 1.00 bits per heavy atom. The van der Waals surface area contributed by atoms with Crippen LogP contribution in [0.1, 0.15) is 87.9 Å². The number of nitrogens with one attached hydrogen (secondary N) is 2. The number of benzene rings is 5. The van der Waals surface area contributed by atoms with Gasteiger partial charge in [-0.2, -0.15) is 0 Å². The molecule has 0 radical (unpaired) electrons. The van der Waals surface area contributed by atoms with Crippen LogP contribution in [0, 0.1) is 0 Å². The molecule has 5 aromatic rings. The molecule has 4 nitrogen and oxygen atoms in total. The first-order valence-electron chi connectivity index (χ1n) is 16.7. The Kier molecular flexibility index (Phi) is 11.9. The first-order chi connectivity index (χ1) is 23.1. The lowest BCUT2D eigenvalue weighted by atomic mass is 9.65. The molecule has 0 fully saturated rings. The summed E-state index contributed by atoms with van der Waals surface area (Å²) in [5.41, 5.74) is 5.60. The Hall–Kier alpha value is -5.22. The number of carbonyl (C=O) groups is 2. The molecule has 2 N–H and O–H groups in total. The molecule has 238 valence electrons. The van der Waals surface area contributed by atoms with E-state index in [-0.39, 0.29) is 11.8 Å². The van der Waals surface area contributed by atoms with Crippen molar-refractivity contribution in [1.29, 1.82) is 0 Å². The normalized spacial score (nSPS) is 11.1. The van der Waals surface area contributed by atoms with Crippen molar-refractivity contribution in [2.24, 2.45) is 0 Å². The summed E-state index contributed by atoms with van der Waals surface area (Å²) in [5, 5.41) is 6.03. The van der Waals surface area contributed by atoms with Gasteiger partial charge in [0.25, 0.3) is 11.8 Å². The van der Waals surface area contributed by atoms with E-state index in [9.17, 15) is 9.59 Å². The first-order valence-corrected chi connectivity index (χ1v) is 16.7. The standard InChI is InChI=1S/C43H44N2O2/c1-2-3-4-5-6-7-8-18-32-44-41(46)34-20-19-21-35(33-34)42(47)45-40-30-28-39(29-31-40)43(36-22-12-9-13-23-36,37-24-14-10-15-25-37)38-26-16-11-17-27-38/h2,9-17,19-31,33H,1,3-8,18,32H2,(H,44,46)(H,45,47). The van der Waals surface area contributed by atoms with Crippen LogP contribution in [0.2, 0.25) is 0 Å². The van der Waals surface area contributed by atoms with Crippen LogP contribution in [-0.2, 0) is 5.41 Å². The third-order valence-electron chi connectivity index (χ3n) is 8.70. The summed E-state index contributed by atoms with van der Waals surface area (Å²) >= 11 is 0. The Bertz CT molecular complexity index is 1620. The van der Waals surface area contributed by atoms with Gasteiger partial charge in [-0.1, -0.05) is 141 Å². The van der Waals surface area contributed by atoms with E-state index in [2.05, 4.69) is 102 Å². The molecule has 0 heterocycles. The molecular formula is C43H44N2O2. The number of hydrogen-bond donors (Lipinski definition) is 2. The summed E-state index contributed by atoms with van der Waals surface area (Å²) in [6, 6.07) is 46.6. The van der Waals surface area contributed by atoms with E-state index in [0.29, 0.717) is 23.4 Å². The number of anilines is 1. The molecule has 4 heteroatoms. The van der Waals surface area contributed by atoms with Gasteiger partial charge in [0.1, 0.15) is 0 Å². The second-order valence-electron chi connectivity index (χ2n) is 11.9. The predicted molar refractivity (Wildman–Crippen MR) is 194 cm³/mol. The molecule has 0 unspecified atom stereocenters. The maximum absolute atomic E-state index is 13.3. The van der Waals surface area contributed by atoms with Crippen molar-refractivity contribution in [2.45, 2.75) is 50.4 Å². The van der Waals surface area contributed by atoms with E-state index in [1.807, 2.05) is 36.4 Å². The van der Waals surface area contributed by atoms with Crippen molar-refractivity contribution < 1.29 is 9.59 Å². The second kappa shape index (κ2) is 16.9. The van der Waals surface area contributed by atoms with Crippen LogP contribution in [0.3, 0.4) is 0 Å². The van der Waals surface area contributed by atoms with Gasteiger partial charge >= 0.3 is 0 Å². The molecule has 0 aliphatic carbocycles. The SMILES string of the molecule is C=CCCCCCCCCNC(=O)c1cccc(C(=O)Nc2ccc(C(c3ccccc3)(c3ccccc3)c3ccccc3)cc2)c1. The highest BCUT2D eigenvalue weighted by Gasteiger charge is 2.38. The van der Waals surface area contributed by atoms with Crippen molar-refractivity contribution in [3.05, 3.63) is 186 Å². The number of rotatable bonds is 16. The maximum Gasteiger partial charge on any atom is 0.255 e. The largest absolute Gasteiger partial charge is 0.352 e. The Morgan fingerprint density at radius 1 is 0.532 bits per heavy atom. The predicted octanol–water partition coefficient (Wildman–Crippen LogP) is 9.97. The number of hydrogen-bond acceptors (Lipinski definition) is 2. The summed E-state index contributed by atoms with van der Waals surface area (Å²) in [4.78, 5) is 26.1. The van der Waals surface area contributed by atoms with E-state index in [1.54, 1.807) is 24.3 Å². The second-order valence-corrected chi connectivity index (χ2v) is 11.9. The van der Waals surface area contributed by atoms with Gasteiger partial charge in [0, 0.05) is 23.4 Å². The highest BCUT2D eigenvalue weighted by molar-refractivity contribution is 6.06. The van der Waals surface area contributed by atoms with Crippen molar-refractivity contribution in [2.75, 3.05) is 11.9 Å². The Labute approximate surface area is 279 Å². The van der Waals surface area contributed by atoms with E-state index in [4.69, 9.17) is 0 Å². The fourth-order valence-corrected chi connectivity index (χ4v) is 6.30. The molecule has 5 aromatic carbocycles. The van der Waals surface area contributed by atoms with Gasteiger partial charge < -0.3 is 10.6 Å². The summed E-state index contributed by atoms with van der Waals surface area (Å²) in [5.74, 6) is -0.418. The molecule has 0 aliphatic heterocycles. The highest BCUT2D eigenvalue weighted by Crippen LogP contribution is 2.45. The zero-order valence-corrected chi connectivity index (χ0v) is 27.0. The van der Waals surface area contributed by atoms with Crippen LogP contribution in [0.15, 0.2) is 152 Å². The Balaban J connectivity index is 1.29. The number of carbonyl (C=O) groups excluding carboxylic acids is 2. The zero-order valence-electron chi connectivity index (χ0n) is 27.0. The van der Waals surface area contributed by atoms with Gasteiger partial charge in [-0.25, -0.2) is 0 Å². The van der Waals surface area contributed by atoms with Gasteiger partial charge in [-0.3, -0.25) is 9.59 Å². The average Bonchev–Trinajstić information content (AvgIpc) is 3.13. The maximum atomic E-state index is 13.3. The lowest BCUT2D eigenvalue weighted by Crippen LogP contribution is -2.31. The van der Waals surface area contributed by atoms with E-state index in [1.165, 1.54) is 25.7 Å². The zero-order chi connectivity index (χ0) is 32.7. The molecule has 2 amide bonds. The van der Waals surface area contributed by atoms with E-state index < -0.39 is 5.41 Å². The molecule has 0 spiro atoms. The lowest BCUT2D eigenvalue weighted by Gasteiger charge is -2.37. The molecule has 0 atom stereocenters. The molecule has 0 aromatic heterocycles. The monoisotopic (exact) mass is 620 g/mol. The van der Waals surface area contributed by atoms with Crippen molar-refractivity contribution in [1.82, 2.24) is 5.32 Å². The van der Waals surface area contributed by atoms with Gasteiger partial charge in [0.05, 0.1) is 5.41 Å². The molecule has 0 saturated carbocycles. The summed E-state index contributed by atoms with van der Waals surface area (Å²) in [6.07, 6.45) is 9.92. The molecule has 5 rings (SSSR count). The summed E-state index contributed by atoms with van der Waals surface area (Å²) in [6.45, 7) is 4.40. The lowest BCUT2D eigenvalue weighted by molar-refractivity contribution is 0.0953. The fraction of sp³-hybridized carbons (Fsp3) is 0.209. The summed E-state index contributed by atoms with van der Waals surface area (Å²) in [7, 11) is 0. The van der Waals surface area contributed by atoms with Crippen molar-refractivity contribution in [3.8, 4) is 0 Å². The van der Waals surface area contributed by atoms with Crippen LogP contribution in [0.25, 0.3) is 0 Å². The van der Waals surface area contributed by atoms with Crippen molar-refractivity contribution >= 4 is 17.5 Å². The third kappa shape index (κ3) is 8.33. The third-order valence-corrected chi connectivity index (χ3v) is 8.70. The number of unbranched alkanes of at least 4 members (excludes halogenated alkanes) is 6. The summed E-state index contributed by atoms with van der Waals surface area (Å²) < 4.78 is 0. The fourth-order valence-electron chi connectivity index (χ4n) is 6.30. The molecular weight excluding hydrogens is 576 g/mol. The Morgan fingerprint density at radius 3 is 1.53 bits per heavy atom. The number of amides is 2. The minimum absolute atomic E-state index is 0.158. The van der Waals surface area contributed by atoms with Gasteiger partial charge in [0.15, 0.2) is 0 Å². The molecule has 0 saturated heterocycles. The van der Waals surface area contributed by atoms with Gasteiger partial charge in [-0.05, 0) is 71.8 Å². The first kappa shape index (κ1) is 33.2. The highest BCUT2D eigenvalue weighted by atomic mass is 16.2. The van der Waals surface area contributed by atoms with Crippen LogP contribution >= 0.6 is 0 Å². The smallest absolute Gasteiger partial charge is 0.255 e. The van der Waals surface area contributed by atoms with Gasteiger partial charge in [0.2, 0.25) is 0 Å². The van der Waals surface area contributed by atoms with Crippen LogP contribution in [-0.4, -0.2) is 18.4 Å². The minimum Gasteiger partial charge on any atom is -0.352 e. The van der Waals surface area contributed by atoms with Crippen LogP contribution in [0.5, 0.6) is 0 Å². The van der Waals surface area contributed by atoms with E-state index >= 15 is 0 Å². The van der Waals surface area contributed by atoms with Crippen LogP contribution < -0.4 is 10.6 Å². The molecule has 47 heavy (non-hydrogen) atoms. The topological polar surface area (TPSA) is 58.2 Å². The van der Waals surface area contributed by atoms with Gasteiger partial charge in [-0.15, -0.1) is 6.58 Å². The van der Waals surface area contributed by atoms with Crippen LogP contribution in [0.4, 0.5) is 5.69 Å². The molecule has 0 bridgehead atoms. The number of allylic oxidation sites excluding steroid dienone is 1. The average molecular weight is 621 g/mol. The van der Waals surface area contributed by atoms with Crippen molar-refractivity contribution in [3.63, 3.8) is 0 Å². The minimum atomic E-state index is -0.556. The quantitative estimate of drug-likeness (QED) is 0.0655.